The second kappa shape index (κ2) is 8.90. The lowest BCUT2D eigenvalue weighted by Gasteiger charge is -2.13. The first-order valence-electron chi connectivity index (χ1n) is 8.82. The number of carbonyl (C=O) groups excluding carboxylic acids is 2. The van der Waals surface area contributed by atoms with Crippen molar-refractivity contribution in [2.75, 3.05) is 7.11 Å². The molecule has 0 spiro atoms. The van der Waals surface area contributed by atoms with Crippen molar-refractivity contribution in [2.24, 2.45) is 0 Å². The van der Waals surface area contributed by atoms with E-state index in [0.717, 1.165) is 16.7 Å². The first kappa shape index (κ1) is 18.5. The molecule has 1 unspecified atom stereocenters. The molecule has 0 bridgehead atoms. The summed E-state index contributed by atoms with van der Waals surface area (Å²) < 4.78 is 4.85. The topological polar surface area (TPSA) is 56.3 Å². The number of ether oxygens (including phenoxy) is 1. The fourth-order valence-corrected chi connectivity index (χ4v) is 3.01. The standard InChI is InChI=1S/C23H21NO3/c1-27-23(26)21(22-9-5-6-14-24-22)16-20(25)15-17-10-12-19(13-11-17)18-7-3-2-4-8-18/h2-14,21H,15-16H2,1H3. The van der Waals surface area contributed by atoms with Gasteiger partial charge in [-0.15, -0.1) is 0 Å². The van der Waals surface area contributed by atoms with E-state index in [4.69, 9.17) is 4.74 Å². The summed E-state index contributed by atoms with van der Waals surface area (Å²) in [6.07, 6.45) is 1.96. The number of aromatic nitrogens is 1. The fourth-order valence-electron chi connectivity index (χ4n) is 3.01. The molecule has 0 aliphatic rings. The normalized spacial score (nSPS) is 11.6. The van der Waals surface area contributed by atoms with Gasteiger partial charge in [-0.05, 0) is 28.8 Å². The number of methoxy groups -OCH3 is 1. The van der Waals surface area contributed by atoms with Crippen LogP contribution in [0.5, 0.6) is 0 Å². The first-order valence-corrected chi connectivity index (χ1v) is 8.82. The van der Waals surface area contributed by atoms with E-state index in [9.17, 15) is 9.59 Å². The molecule has 3 aromatic rings. The van der Waals surface area contributed by atoms with Crippen molar-refractivity contribution >= 4 is 11.8 Å². The van der Waals surface area contributed by atoms with Gasteiger partial charge in [0.1, 0.15) is 11.7 Å². The minimum atomic E-state index is -0.674. The molecular weight excluding hydrogens is 338 g/mol. The van der Waals surface area contributed by atoms with Crippen LogP contribution in [0.25, 0.3) is 11.1 Å². The monoisotopic (exact) mass is 359 g/mol. The third-order valence-electron chi connectivity index (χ3n) is 4.42. The van der Waals surface area contributed by atoms with Gasteiger partial charge >= 0.3 is 5.97 Å². The van der Waals surface area contributed by atoms with Crippen LogP contribution >= 0.6 is 0 Å². The van der Waals surface area contributed by atoms with Crippen LogP contribution in [0.2, 0.25) is 0 Å². The Balaban J connectivity index is 1.68. The van der Waals surface area contributed by atoms with Crippen molar-refractivity contribution in [3.05, 3.63) is 90.3 Å². The van der Waals surface area contributed by atoms with Gasteiger partial charge in [-0.25, -0.2) is 0 Å². The van der Waals surface area contributed by atoms with Gasteiger partial charge in [-0.1, -0.05) is 60.7 Å². The van der Waals surface area contributed by atoms with E-state index in [2.05, 4.69) is 4.98 Å². The molecule has 0 radical (unpaired) electrons. The first-order chi connectivity index (χ1) is 13.2. The van der Waals surface area contributed by atoms with Crippen LogP contribution in [-0.4, -0.2) is 23.8 Å². The Morgan fingerprint density at radius 2 is 1.56 bits per heavy atom. The average molecular weight is 359 g/mol. The molecule has 0 saturated carbocycles. The zero-order chi connectivity index (χ0) is 19.1. The maximum Gasteiger partial charge on any atom is 0.315 e. The number of benzene rings is 2. The van der Waals surface area contributed by atoms with Crippen LogP contribution < -0.4 is 0 Å². The minimum absolute atomic E-state index is 0.0245. The maximum absolute atomic E-state index is 12.5. The van der Waals surface area contributed by atoms with Gasteiger partial charge in [0.25, 0.3) is 0 Å². The van der Waals surface area contributed by atoms with Crippen molar-refractivity contribution in [3.8, 4) is 11.1 Å². The lowest BCUT2D eigenvalue weighted by atomic mass is 9.94. The molecule has 4 heteroatoms. The highest BCUT2D eigenvalue weighted by molar-refractivity contribution is 5.88. The van der Waals surface area contributed by atoms with Crippen LogP contribution in [0.4, 0.5) is 0 Å². The van der Waals surface area contributed by atoms with Crippen molar-refractivity contribution in [1.29, 1.82) is 0 Å². The van der Waals surface area contributed by atoms with Gasteiger partial charge in [0.05, 0.1) is 12.8 Å². The number of nitrogens with zero attached hydrogens (tertiary/aromatic N) is 1. The summed E-state index contributed by atoms with van der Waals surface area (Å²) in [6, 6.07) is 23.3. The van der Waals surface area contributed by atoms with Crippen LogP contribution in [0.1, 0.15) is 23.6 Å². The highest BCUT2D eigenvalue weighted by atomic mass is 16.5. The Labute approximate surface area is 158 Å². The van der Waals surface area contributed by atoms with E-state index in [1.807, 2.05) is 54.6 Å². The largest absolute Gasteiger partial charge is 0.468 e. The van der Waals surface area contributed by atoms with Gasteiger partial charge < -0.3 is 4.74 Å². The highest BCUT2D eigenvalue weighted by Crippen LogP contribution is 2.22. The summed E-state index contributed by atoms with van der Waals surface area (Å²) in [5, 5.41) is 0. The molecule has 0 N–H and O–H groups in total. The Morgan fingerprint density at radius 1 is 0.889 bits per heavy atom. The molecule has 1 aromatic heterocycles. The Kier molecular flexibility index (Phi) is 6.10. The third kappa shape index (κ3) is 4.88. The van der Waals surface area contributed by atoms with E-state index < -0.39 is 11.9 Å². The number of rotatable bonds is 7. The van der Waals surface area contributed by atoms with Crippen molar-refractivity contribution in [2.45, 2.75) is 18.8 Å². The maximum atomic E-state index is 12.5. The average Bonchev–Trinajstić information content (AvgIpc) is 2.73. The minimum Gasteiger partial charge on any atom is -0.468 e. The van der Waals surface area contributed by atoms with Crippen molar-refractivity contribution in [3.63, 3.8) is 0 Å². The van der Waals surface area contributed by atoms with Crippen LogP contribution in [-0.2, 0) is 20.7 Å². The van der Waals surface area contributed by atoms with E-state index in [-0.39, 0.29) is 18.6 Å². The number of pyridine rings is 1. The van der Waals surface area contributed by atoms with Crippen molar-refractivity contribution in [1.82, 2.24) is 4.98 Å². The Hall–Kier alpha value is -3.27. The van der Waals surface area contributed by atoms with Crippen LogP contribution in [0, 0.1) is 0 Å². The summed E-state index contributed by atoms with van der Waals surface area (Å²) in [5.74, 6) is -1.14. The lowest BCUT2D eigenvalue weighted by Crippen LogP contribution is -2.20. The molecular formula is C23H21NO3. The number of hydrogen-bond donors (Lipinski definition) is 0. The summed E-state index contributed by atoms with van der Waals surface area (Å²) in [4.78, 5) is 28.8. The molecule has 2 aromatic carbocycles. The molecule has 1 atom stereocenters. The molecule has 0 saturated heterocycles. The summed E-state index contributed by atoms with van der Waals surface area (Å²) >= 11 is 0. The van der Waals surface area contributed by atoms with Gasteiger partial charge in [-0.3, -0.25) is 14.6 Å². The summed E-state index contributed by atoms with van der Waals surface area (Å²) in [5.41, 5.74) is 3.71. The summed E-state index contributed by atoms with van der Waals surface area (Å²) in [7, 11) is 1.32. The van der Waals surface area contributed by atoms with E-state index in [1.54, 1.807) is 24.4 Å². The van der Waals surface area contributed by atoms with Crippen LogP contribution in [0.15, 0.2) is 79.0 Å². The van der Waals surface area contributed by atoms with E-state index in [1.165, 1.54) is 7.11 Å². The molecule has 136 valence electrons. The number of Topliss-reactive ketones (excluding diaryl/α,β-unsaturated/α-hetero) is 1. The van der Waals surface area contributed by atoms with Gasteiger partial charge in [0, 0.05) is 19.0 Å². The number of hydrogen-bond acceptors (Lipinski definition) is 4. The number of esters is 1. The van der Waals surface area contributed by atoms with Crippen LogP contribution in [0.3, 0.4) is 0 Å². The second-order valence-electron chi connectivity index (χ2n) is 6.31. The quantitative estimate of drug-likeness (QED) is 0.593. The molecule has 0 amide bonds. The molecule has 0 fully saturated rings. The zero-order valence-electron chi connectivity index (χ0n) is 15.2. The molecule has 27 heavy (non-hydrogen) atoms. The molecule has 0 aliphatic heterocycles. The van der Waals surface area contributed by atoms with E-state index >= 15 is 0 Å². The van der Waals surface area contributed by atoms with Gasteiger partial charge in [0.2, 0.25) is 0 Å². The zero-order valence-corrected chi connectivity index (χ0v) is 15.2. The van der Waals surface area contributed by atoms with Gasteiger partial charge in [-0.2, -0.15) is 0 Å². The predicted molar refractivity (Wildman–Crippen MR) is 104 cm³/mol. The Morgan fingerprint density at radius 3 is 2.19 bits per heavy atom. The lowest BCUT2D eigenvalue weighted by molar-refractivity contribution is -0.144. The third-order valence-corrected chi connectivity index (χ3v) is 4.42. The number of carbonyl (C=O) groups is 2. The highest BCUT2D eigenvalue weighted by Gasteiger charge is 2.25. The molecule has 3 rings (SSSR count). The molecule has 4 nitrogen and oxygen atoms in total. The Bertz CT molecular complexity index is 890. The predicted octanol–water partition coefficient (Wildman–Crippen LogP) is 4.21. The fraction of sp³-hybridized carbons (Fsp3) is 0.174. The molecule has 1 heterocycles. The van der Waals surface area contributed by atoms with E-state index in [0.29, 0.717) is 5.69 Å². The van der Waals surface area contributed by atoms with Crippen molar-refractivity contribution < 1.29 is 14.3 Å². The number of ketones is 1. The summed E-state index contributed by atoms with van der Waals surface area (Å²) in [6.45, 7) is 0. The SMILES string of the molecule is COC(=O)C(CC(=O)Cc1ccc(-c2ccccc2)cc1)c1ccccn1. The molecule has 0 aliphatic carbocycles. The smallest absolute Gasteiger partial charge is 0.315 e. The second-order valence-corrected chi connectivity index (χ2v) is 6.31. The van der Waals surface area contributed by atoms with Gasteiger partial charge in [0.15, 0.2) is 0 Å².